The molecule has 1 aromatic rings. The highest BCUT2D eigenvalue weighted by atomic mass is 32.1. The van der Waals surface area contributed by atoms with E-state index in [-0.39, 0.29) is 30.3 Å². The van der Waals surface area contributed by atoms with Gasteiger partial charge in [-0.1, -0.05) is 0 Å². The molecule has 1 fully saturated rings. The van der Waals surface area contributed by atoms with E-state index in [2.05, 4.69) is 20.0 Å². The summed E-state index contributed by atoms with van der Waals surface area (Å²) in [7, 11) is 0. The van der Waals surface area contributed by atoms with Crippen molar-refractivity contribution in [1.82, 2.24) is 15.2 Å². The van der Waals surface area contributed by atoms with E-state index in [1.165, 1.54) is 17.5 Å². The largest absolute Gasteiger partial charge is 0.480 e. The average molecular weight is 480 g/mol. The van der Waals surface area contributed by atoms with Crippen LogP contribution in [-0.4, -0.2) is 90.1 Å². The molecule has 0 amide bonds. The normalized spacial score (nSPS) is 21.1. The van der Waals surface area contributed by atoms with Gasteiger partial charge in [-0.15, -0.1) is 11.3 Å². The number of nitrogens with one attached hydrogen (secondary N) is 1. The average Bonchev–Trinajstić information content (AvgIpc) is 3.20. The molecular formula is C18H20F4N4O5S. The zero-order chi connectivity index (χ0) is 23.5. The van der Waals surface area contributed by atoms with Crippen molar-refractivity contribution >= 4 is 29.1 Å². The number of carboxylic acids is 1. The van der Waals surface area contributed by atoms with Crippen LogP contribution in [0.5, 0.6) is 0 Å². The number of hydrogen-bond donors (Lipinski definition) is 2. The number of likely N-dealkylation sites (tertiary alicyclic amines) is 1. The Morgan fingerprint density at radius 1 is 1.31 bits per heavy atom. The van der Waals surface area contributed by atoms with Crippen molar-refractivity contribution in [3.8, 4) is 0 Å². The maximum Gasteiger partial charge on any atom is 0.337 e. The number of halogens is 4. The van der Waals surface area contributed by atoms with Crippen molar-refractivity contribution in [2.45, 2.75) is 24.9 Å². The number of piperidine rings is 1. The third-order valence-electron chi connectivity index (χ3n) is 4.58. The summed E-state index contributed by atoms with van der Waals surface area (Å²) in [6.07, 6.45) is -1.36. The summed E-state index contributed by atoms with van der Waals surface area (Å²) < 4.78 is 67.3. The Kier molecular flexibility index (Phi) is 7.15. The molecule has 0 bridgehead atoms. The number of nitrogens with zero attached hydrogens (tertiary/aromatic N) is 3. The van der Waals surface area contributed by atoms with Crippen molar-refractivity contribution in [3.63, 3.8) is 0 Å². The Morgan fingerprint density at radius 2 is 2.00 bits per heavy atom. The van der Waals surface area contributed by atoms with Crippen LogP contribution in [0.1, 0.15) is 11.9 Å². The zero-order valence-corrected chi connectivity index (χ0v) is 17.6. The second-order valence-corrected chi connectivity index (χ2v) is 7.95. The number of alkyl halides is 4. The van der Waals surface area contributed by atoms with Crippen molar-refractivity contribution in [2.24, 2.45) is 4.99 Å². The van der Waals surface area contributed by atoms with Crippen LogP contribution in [-0.2, 0) is 19.1 Å². The van der Waals surface area contributed by atoms with Gasteiger partial charge in [0.2, 0.25) is 0 Å². The van der Waals surface area contributed by atoms with Crippen LogP contribution >= 0.6 is 11.3 Å². The van der Waals surface area contributed by atoms with E-state index in [0.29, 0.717) is 5.01 Å². The molecule has 3 rings (SSSR count). The van der Waals surface area contributed by atoms with Gasteiger partial charge in [-0.3, -0.25) is 9.89 Å². The summed E-state index contributed by atoms with van der Waals surface area (Å²) in [6.45, 7) is -2.47. The van der Waals surface area contributed by atoms with Crippen LogP contribution in [0, 0.1) is 0 Å². The number of aliphatic carboxylic acids is 1. The maximum absolute atomic E-state index is 14.5. The number of aliphatic imine (C=N–C) groups is 1. The minimum absolute atomic E-state index is 0.0306. The molecule has 0 unspecified atom stereocenters. The van der Waals surface area contributed by atoms with Crippen molar-refractivity contribution < 1.29 is 41.7 Å². The van der Waals surface area contributed by atoms with Gasteiger partial charge in [0.15, 0.2) is 16.9 Å². The minimum atomic E-state index is -4.04. The quantitative estimate of drug-likeness (QED) is 0.424. The number of aromatic nitrogens is 1. The third-order valence-corrected chi connectivity index (χ3v) is 5.36. The predicted octanol–water partition coefficient (Wildman–Crippen LogP) is 1.37. The second-order valence-electron chi connectivity index (χ2n) is 7.06. The van der Waals surface area contributed by atoms with E-state index in [9.17, 15) is 27.2 Å². The summed E-state index contributed by atoms with van der Waals surface area (Å²) in [5.74, 6) is -10.2. The van der Waals surface area contributed by atoms with Crippen LogP contribution in [0.4, 0.5) is 17.6 Å². The molecule has 32 heavy (non-hydrogen) atoms. The second kappa shape index (κ2) is 9.50. The van der Waals surface area contributed by atoms with Crippen molar-refractivity contribution in [1.29, 1.82) is 0 Å². The summed E-state index contributed by atoms with van der Waals surface area (Å²) in [4.78, 5) is 32.0. The number of hydrogen-bond acceptors (Lipinski definition) is 9. The first-order chi connectivity index (χ1) is 15.0. The van der Waals surface area contributed by atoms with Crippen LogP contribution < -0.4 is 5.32 Å². The lowest BCUT2D eigenvalue weighted by atomic mass is 9.98. The molecule has 3 heterocycles. The van der Waals surface area contributed by atoms with E-state index in [0.717, 1.165) is 4.90 Å². The number of carboxylic acid groups (broad SMARTS) is 1. The molecular weight excluding hydrogens is 460 g/mol. The highest BCUT2D eigenvalue weighted by molar-refractivity contribution is 7.11. The number of thiazole rings is 1. The molecule has 0 saturated carbocycles. The Balaban J connectivity index is 1.82. The van der Waals surface area contributed by atoms with Crippen LogP contribution in [0.25, 0.3) is 0 Å². The first-order valence-corrected chi connectivity index (χ1v) is 10.3. The SMILES string of the molecule is CCOC(=O)C1=C(CN2CC(F)(F)C(OCC(=O)O)C(F)(F)C2)NC(c2nccs2)=NC1. The molecule has 2 N–H and O–H groups in total. The Labute approximate surface area is 183 Å². The third kappa shape index (κ3) is 5.42. The molecule has 0 radical (unpaired) electrons. The number of carbonyl (C=O) groups excluding carboxylic acids is 1. The lowest BCUT2D eigenvalue weighted by Crippen LogP contribution is -2.64. The van der Waals surface area contributed by atoms with Gasteiger partial charge in [-0.2, -0.15) is 0 Å². The van der Waals surface area contributed by atoms with E-state index >= 15 is 0 Å². The van der Waals surface area contributed by atoms with Crippen LogP contribution in [0.2, 0.25) is 0 Å². The zero-order valence-electron chi connectivity index (χ0n) is 16.8. The van der Waals surface area contributed by atoms with Gasteiger partial charge in [-0.25, -0.2) is 32.1 Å². The van der Waals surface area contributed by atoms with Gasteiger partial charge in [0.25, 0.3) is 11.8 Å². The number of amidine groups is 1. The Morgan fingerprint density at radius 3 is 2.56 bits per heavy atom. The molecule has 0 atom stereocenters. The van der Waals surface area contributed by atoms with E-state index in [1.54, 1.807) is 12.3 Å². The fourth-order valence-electron chi connectivity index (χ4n) is 3.37. The lowest BCUT2D eigenvalue weighted by Gasteiger charge is -2.43. The number of carbonyl (C=O) groups is 2. The monoisotopic (exact) mass is 480 g/mol. The molecule has 9 nitrogen and oxygen atoms in total. The fraction of sp³-hybridized carbons (Fsp3) is 0.556. The standard InChI is InChI=1S/C18H20F4N4O5S/c1-2-30-15(29)10-5-24-13(14-23-3-4-32-14)25-11(10)6-26-8-17(19,20)16(18(21,22)9-26)31-7-12(27)28/h3-4,16H,2,5-9H2,1H3,(H,24,25)(H,27,28). The lowest BCUT2D eigenvalue weighted by molar-refractivity contribution is -0.267. The molecule has 2 aliphatic heterocycles. The molecule has 2 aliphatic rings. The molecule has 0 aromatic carbocycles. The van der Waals surface area contributed by atoms with Gasteiger partial charge < -0.3 is 19.9 Å². The Bertz CT molecular complexity index is 904. The van der Waals surface area contributed by atoms with Crippen LogP contribution in [0.3, 0.4) is 0 Å². The smallest absolute Gasteiger partial charge is 0.337 e. The van der Waals surface area contributed by atoms with Crippen LogP contribution in [0.15, 0.2) is 27.8 Å². The van der Waals surface area contributed by atoms with Gasteiger partial charge in [0, 0.05) is 23.8 Å². The molecule has 0 spiro atoms. The summed E-state index contributed by atoms with van der Waals surface area (Å²) >= 11 is 1.24. The Hall–Kier alpha value is -2.58. The van der Waals surface area contributed by atoms with E-state index in [4.69, 9.17) is 9.84 Å². The predicted molar refractivity (Wildman–Crippen MR) is 104 cm³/mol. The van der Waals surface area contributed by atoms with E-state index < -0.39 is 56.1 Å². The number of rotatable bonds is 8. The molecule has 176 valence electrons. The molecule has 1 saturated heterocycles. The number of esters is 1. The first-order valence-electron chi connectivity index (χ1n) is 9.45. The van der Waals surface area contributed by atoms with E-state index in [1.807, 2.05) is 0 Å². The summed E-state index contributed by atoms with van der Waals surface area (Å²) in [6, 6.07) is 0. The minimum Gasteiger partial charge on any atom is -0.480 e. The molecule has 0 aliphatic carbocycles. The fourth-order valence-corrected chi connectivity index (χ4v) is 3.97. The summed E-state index contributed by atoms with van der Waals surface area (Å²) in [5.41, 5.74) is 0.128. The molecule has 1 aromatic heterocycles. The first kappa shape index (κ1) is 24.1. The van der Waals surface area contributed by atoms with Gasteiger partial charge in [-0.05, 0) is 6.92 Å². The molecule has 14 heteroatoms. The van der Waals surface area contributed by atoms with Gasteiger partial charge >= 0.3 is 11.9 Å². The van der Waals surface area contributed by atoms with Crippen molar-refractivity contribution in [3.05, 3.63) is 27.9 Å². The summed E-state index contributed by atoms with van der Waals surface area (Å²) in [5, 5.41) is 13.6. The van der Waals surface area contributed by atoms with Gasteiger partial charge in [0.05, 0.1) is 31.8 Å². The number of ether oxygens (including phenoxy) is 2. The maximum atomic E-state index is 14.5. The van der Waals surface area contributed by atoms with Gasteiger partial charge in [0.1, 0.15) is 6.61 Å². The van der Waals surface area contributed by atoms with Crippen molar-refractivity contribution in [2.75, 3.05) is 39.4 Å². The topological polar surface area (TPSA) is 113 Å². The highest BCUT2D eigenvalue weighted by Crippen LogP contribution is 2.39. The highest BCUT2D eigenvalue weighted by Gasteiger charge is 2.61.